The molecule has 0 aliphatic carbocycles. The molecule has 1 N–H and O–H groups in total. The quantitative estimate of drug-likeness (QED) is 0.303. The van der Waals surface area contributed by atoms with Gasteiger partial charge >= 0.3 is 0 Å². The molecular weight excluding hydrogens is 638 g/mol. The first kappa shape index (κ1) is 32.0. The lowest BCUT2D eigenvalue weighted by Gasteiger charge is -2.32. The first-order valence-electron chi connectivity index (χ1n) is 12.3. The minimum atomic E-state index is -4.41. The van der Waals surface area contributed by atoms with Gasteiger partial charge in [-0.05, 0) is 55.0 Å². The zero-order valence-electron chi connectivity index (χ0n) is 23.2. The van der Waals surface area contributed by atoms with Crippen molar-refractivity contribution in [1.29, 1.82) is 0 Å². The van der Waals surface area contributed by atoms with Gasteiger partial charge in [-0.2, -0.15) is 0 Å². The lowest BCUT2D eigenvalue weighted by molar-refractivity contribution is -0.139. The van der Waals surface area contributed by atoms with Crippen LogP contribution < -0.4 is 23.8 Å². The summed E-state index contributed by atoms with van der Waals surface area (Å²) in [5, 5.41) is 2.78. The first-order valence-corrected chi connectivity index (χ1v) is 14.9. The third-order valence-corrected chi connectivity index (χ3v) is 8.83. The largest absolute Gasteiger partial charge is 0.495 e. The van der Waals surface area contributed by atoms with Gasteiger partial charge in [0.25, 0.3) is 10.0 Å². The Morgan fingerprint density at radius 3 is 2.12 bits per heavy atom. The van der Waals surface area contributed by atoms with E-state index in [-0.39, 0.29) is 33.6 Å². The molecule has 0 unspecified atom stereocenters. The van der Waals surface area contributed by atoms with E-state index in [9.17, 15) is 18.0 Å². The van der Waals surface area contributed by atoms with Gasteiger partial charge in [-0.15, -0.1) is 0 Å². The molecule has 0 saturated carbocycles. The van der Waals surface area contributed by atoms with E-state index in [1.165, 1.54) is 63.6 Å². The maximum absolute atomic E-state index is 14.2. The van der Waals surface area contributed by atoms with Gasteiger partial charge < -0.3 is 24.4 Å². The van der Waals surface area contributed by atoms with E-state index >= 15 is 0 Å². The fourth-order valence-corrected chi connectivity index (χ4v) is 5.92. The molecule has 0 heterocycles. The maximum atomic E-state index is 14.2. The van der Waals surface area contributed by atoms with E-state index in [1.807, 2.05) is 12.1 Å². The smallest absolute Gasteiger partial charge is 0.265 e. The van der Waals surface area contributed by atoms with Crippen LogP contribution in [0.5, 0.6) is 17.2 Å². The lowest BCUT2D eigenvalue weighted by atomic mass is 10.1. The van der Waals surface area contributed by atoms with Crippen molar-refractivity contribution >= 4 is 55.1 Å². The normalized spacial score (nSPS) is 11.8. The third kappa shape index (κ3) is 7.43. The average Bonchev–Trinajstić information content (AvgIpc) is 2.98. The number of methoxy groups -OCH3 is 3. The van der Waals surface area contributed by atoms with E-state index in [1.54, 1.807) is 25.1 Å². The third-order valence-electron chi connectivity index (χ3n) is 6.31. The van der Waals surface area contributed by atoms with Gasteiger partial charge in [0.2, 0.25) is 11.8 Å². The van der Waals surface area contributed by atoms with Crippen molar-refractivity contribution in [3.05, 3.63) is 75.7 Å². The number of halogens is 2. The lowest BCUT2D eigenvalue weighted by Crippen LogP contribution is -2.50. The highest BCUT2D eigenvalue weighted by molar-refractivity contribution is 9.10. The molecule has 0 radical (unpaired) electrons. The predicted molar refractivity (Wildman–Crippen MR) is 160 cm³/mol. The van der Waals surface area contributed by atoms with Crippen molar-refractivity contribution in [3.8, 4) is 17.2 Å². The van der Waals surface area contributed by atoms with Crippen LogP contribution in [0.2, 0.25) is 5.02 Å². The van der Waals surface area contributed by atoms with E-state index in [0.29, 0.717) is 5.75 Å². The van der Waals surface area contributed by atoms with Gasteiger partial charge in [0.05, 0.1) is 31.9 Å². The summed E-state index contributed by atoms with van der Waals surface area (Å²) < 4.78 is 46.1. The van der Waals surface area contributed by atoms with Gasteiger partial charge in [-0.25, -0.2) is 8.42 Å². The van der Waals surface area contributed by atoms with Crippen molar-refractivity contribution in [2.45, 2.75) is 24.4 Å². The highest BCUT2D eigenvalue weighted by atomic mass is 79.9. The number of hydrogen-bond acceptors (Lipinski definition) is 7. The number of rotatable bonds is 12. The molecule has 3 rings (SSSR count). The number of likely N-dealkylation sites (N-methyl/N-ethyl adjacent to an activating group) is 1. The number of carbonyl (C=O) groups excluding carboxylic acids is 2. The van der Waals surface area contributed by atoms with Crippen LogP contribution in [0.1, 0.15) is 12.5 Å². The van der Waals surface area contributed by atoms with Gasteiger partial charge in [-0.3, -0.25) is 13.9 Å². The first-order chi connectivity index (χ1) is 19.5. The molecule has 0 bridgehead atoms. The van der Waals surface area contributed by atoms with Crippen molar-refractivity contribution in [2.75, 3.05) is 39.2 Å². The molecule has 41 heavy (non-hydrogen) atoms. The van der Waals surface area contributed by atoms with Crippen LogP contribution in [0.3, 0.4) is 0 Å². The van der Waals surface area contributed by atoms with Crippen molar-refractivity contribution in [2.24, 2.45) is 0 Å². The molecule has 0 spiro atoms. The Kier molecular flexibility index (Phi) is 10.9. The van der Waals surface area contributed by atoms with Gasteiger partial charge in [-0.1, -0.05) is 39.7 Å². The summed E-state index contributed by atoms with van der Waals surface area (Å²) in [5.74, 6) is -0.359. The predicted octanol–water partition coefficient (Wildman–Crippen LogP) is 4.49. The Balaban J connectivity index is 2.14. The fourth-order valence-electron chi connectivity index (χ4n) is 4.05. The monoisotopic (exact) mass is 667 g/mol. The number of sulfonamides is 1. The Morgan fingerprint density at radius 1 is 0.927 bits per heavy atom. The van der Waals surface area contributed by atoms with Crippen molar-refractivity contribution in [3.63, 3.8) is 0 Å². The number of benzene rings is 3. The topological polar surface area (TPSA) is 114 Å². The SMILES string of the molecule is CNC(=O)[C@@H](C)N(Cc1ccc(Br)cc1)C(=O)CN(c1cc(Cl)ccc1OC)S(=O)(=O)c1ccc(OC)c(OC)c1. The highest BCUT2D eigenvalue weighted by Gasteiger charge is 2.34. The summed E-state index contributed by atoms with van der Waals surface area (Å²) >= 11 is 9.65. The van der Waals surface area contributed by atoms with Crippen molar-refractivity contribution < 1.29 is 32.2 Å². The number of carbonyl (C=O) groups is 2. The number of ether oxygens (including phenoxy) is 3. The summed E-state index contributed by atoms with van der Waals surface area (Å²) in [6.45, 7) is 0.964. The second-order valence-electron chi connectivity index (χ2n) is 8.78. The molecule has 220 valence electrons. The Labute approximate surface area is 253 Å². The zero-order valence-corrected chi connectivity index (χ0v) is 26.3. The molecule has 2 amide bonds. The zero-order chi connectivity index (χ0) is 30.3. The standard InChI is InChI=1S/C28H31BrClN3O7S/c1-18(28(35)31-2)32(16-19-6-8-20(29)9-7-19)27(34)17-33(23-14-21(30)10-12-24(23)38-3)41(36,37)22-11-13-25(39-4)26(15-22)40-5/h6-15,18H,16-17H2,1-5H3,(H,31,35)/t18-/m1/s1. The van der Waals surface area contributed by atoms with Crippen LogP contribution in [0.15, 0.2) is 70.0 Å². The van der Waals surface area contributed by atoms with E-state index in [0.717, 1.165) is 14.3 Å². The minimum absolute atomic E-state index is 0.0410. The maximum Gasteiger partial charge on any atom is 0.265 e. The van der Waals surface area contributed by atoms with Crippen LogP contribution in [0.25, 0.3) is 0 Å². The molecule has 10 nitrogen and oxygen atoms in total. The molecule has 13 heteroatoms. The van der Waals surface area contributed by atoms with Gasteiger partial charge in [0.15, 0.2) is 11.5 Å². The number of nitrogens with zero attached hydrogens (tertiary/aromatic N) is 2. The molecule has 0 aromatic heterocycles. The van der Waals surface area contributed by atoms with Crippen LogP contribution in [-0.2, 0) is 26.2 Å². The molecule has 0 aliphatic heterocycles. The number of anilines is 1. The number of hydrogen-bond donors (Lipinski definition) is 1. The molecule has 1 atom stereocenters. The van der Waals surface area contributed by atoms with Gasteiger partial charge in [0.1, 0.15) is 18.3 Å². The van der Waals surface area contributed by atoms with E-state index in [4.69, 9.17) is 25.8 Å². The minimum Gasteiger partial charge on any atom is -0.495 e. The fraction of sp³-hybridized carbons (Fsp3) is 0.286. The van der Waals surface area contributed by atoms with Crippen LogP contribution in [-0.4, -0.2) is 66.1 Å². The molecule has 3 aromatic rings. The molecule has 0 saturated heterocycles. The highest BCUT2D eigenvalue weighted by Crippen LogP contribution is 2.37. The van der Waals surface area contributed by atoms with E-state index in [2.05, 4.69) is 21.2 Å². The van der Waals surface area contributed by atoms with E-state index < -0.39 is 34.4 Å². The van der Waals surface area contributed by atoms with Gasteiger partial charge in [0, 0.05) is 29.2 Å². The Morgan fingerprint density at radius 2 is 1.54 bits per heavy atom. The Hall–Kier alpha value is -3.48. The number of nitrogens with one attached hydrogen (secondary N) is 1. The van der Waals surface area contributed by atoms with Crippen LogP contribution in [0.4, 0.5) is 5.69 Å². The summed E-state index contributed by atoms with van der Waals surface area (Å²) in [6.07, 6.45) is 0. The summed E-state index contributed by atoms with van der Waals surface area (Å²) in [6, 6.07) is 14.9. The number of amides is 2. The average molecular weight is 669 g/mol. The molecule has 3 aromatic carbocycles. The summed E-state index contributed by atoms with van der Waals surface area (Å²) in [7, 11) is 1.24. The summed E-state index contributed by atoms with van der Waals surface area (Å²) in [5.41, 5.74) is 0.784. The molecule has 0 fully saturated rings. The Bertz CT molecular complexity index is 1500. The summed E-state index contributed by atoms with van der Waals surface area (Å²) in [4.78, 5) is 27.8. The molecule has 0 aliphatic rings. The second kappa shape index (κ2) is 13.9. The second-order valence-corrected chi connectivity index (χ2v) is 12.0. The van der Waals surface area contributed by atoms with Crippen LogP contribution >= 0.6 is 27.5 Å². The molecular formula is C28H31BrClN3O7S. The van der Waals surface area contributed by atoms with Crippen molar-refractivity contribution in [1.82, 2.24) is 10.2 Å². The van der Waals surface area contributed by atoms with Crippen LogP contribution in [0, 0.1) is 0 Å².